The van der Waals surface area contributed by atoms with Crippen molar-refractivity contribution in [3.05, 3.63) is 29.8 Å². The number of amides is 1. The summed E-state index contributed by atoms with van der Waals surface area (Å²) in [6.45, 7) is 5.28. The lowest BCUT2D eigenvalue weighted by molar-refractivity contribution is -0.157. The topological polar surface area (TPSA) is 64.6 Å². The van der Waals surface area contributed by atoms with Crippen LogP contribution in [0.3, 0.4) is 0 Å². The molecule has 1 aliphatic rings. The summed E-state index contributed by atoms with van der Waals surface area (Å²) in [5.41, 5.74) is 0.0757. The third kappa shape index (κ3) is 6.22. The molecular weight excluding hydrogens is 306 g/mol. The number of benzene rings is 1. The van der Waals surface area contributed by atoms with Crippen LogP contribution in [0.25, 0.3) is 0 Å². The Morgan fingerprint density at radius 2 is 1.71 bits per heavy atom. The van der Waals surface area contributed by atoms with Crippen molar-refractivity contribution in [2.45, 2.75) is 64.5 Å². The van der Waals surface area contributed by atoms with Crippen molar-refractivity contribution in [3.8, 4) is 5.75 Å². The SMILES string of the molecule is CC(C)(C)OC(=O)COc1ccc(C(=O)NC2CCCCC2)cc1. The maximum atomic E-state index is 12.2. The van der Waals surface area contributed by atoms with E-state index in [2.05, 4.69) is 5.32 Å². The fourth-order valence-corrected chi connectivity index (χ4v) is 2.73. The van der Waals surface area contributed by atoms with Crippen molar-refractivity contribution in [2.75, 3.05) is 6.61 Å². The van der Waals surface area contributed by atoms with Gasteiger partial charge in [-0.25, -0.2) is 4.79 Å². The predicted octanol–water partition coefficient (Wildman–Crippen LogP) is 3.47. The second-order valence-corrected chi connectivity index (χ2v) is 7.21. The van der Waals surface area contributed by atoms with Gasteiger partial charge in [-0.15, -0.1) is 0 Å². The Morgan fingerprint density at radius 3 is 2.29 bits per heavy atom. The molecule has 1 amide bonds. The van der Waals surface area contributed by atoms with Crippen LogP contribution in [0.2, 0.25) is 0 Å². The molecule has 0 unspecified atom stereocenters. The molecule has 1 N–H and O–H groups in total. The smallest absolute Gasteiger partial charge is 0.344 e. The lowest BCUT2D eigenvalue weighted by atomic mass is 9.95. The van der Waals surface area contributed by atoms with Gasteiger partial charge in [0.1, 0.15) is 11.4 Å². The summed E-state index contributed by atoms with van der Waals surface area (Å²) in [5.74, 6) is 0.0669. The van der Waals surface area contributed by atoms with E-state index in [1.807, 2.05) is 20.8 Å². The first-order chi connectivity index (χ1) is 11.3. The fourth-order valence-electron chi connectivity index (χ4n) is 2.73. The Bertz CT molecular complexity index is 554. The number of hydrogen-bond donors (Lipinski definition) is 1. The van der Waals surface area contributed by atoms with E-state index in [0.717, 1.165) is 12.8 Å². The second kappa shape index (κ2) is 8.18. The Hall–Kier alpha value is -2.04. The molecule has 0 spiro atoms. The zero-order chi connectivity index (χ0) is 17.6. The van der Waals surface area contributed by atoms with Crippen LogP contribution in [0, 0.1) is 0 Å². The molecular formula is C19H27NO4. The molecule has 0 bridgehead atoms. The van der Waals surface area contributed by atoms with Crippen LogP contribution in [0.5, 0.6) is 5.75 Å². The van der Waals surface area contributed by atoms with Crippen LogP contribution in [-0.2, 0) is 9.53 Å². The first-order valence-corrected chi connectivity index (χ1v) is 8.59. The van der Waals surface area contributed by atoms with E-state index in [1.54, 1.807) is 24.3 Å². The first kappa shape index (κ1) is 18.3. The van der Waals surface area contributed by atoms with Crippen LogP contribution in [0.1, 0.15) is 63.2 Å². The minimum Gasteiger partial charge on any atom is -0.482 e. The number of esters is 1. The zero-order valence-electron chi connectivity index (χ0n) is 14.8. The van der Waals surface area contributed by atoms with Gasteiger partial charge in [0.05, 0.1) is 0 Å². The third-order valence-electron chi connectivity index (χ3n) is 3.83. The van der Waals surface area contributed by atoms with E-state index in [1.165, 1.54) is 19.3 Å². The summed E-state index contributed by atoms with van der Waals surface area (Å²) in [6.07, 6.45) is 5.74. The van der Waals surface area contributed by atoms with Gasteiger partial charge in [-0.3, -0.25) is 4.79 Å². The number of carbonyl (C=O) groups is 2. The van der Waals surface area contributed by atoms with Gasteiger partial charge in [-0.1, -0.05) is 19.3 Å². The molecule has 0 atom stereocenters. The van der Waals surface area contributed by atoms with Crippen LogP contribution < -0.4 is 10.1 Å². The van der Waals surface area contributed by atoms with E-state index in [0.29, 0.717) is 11.3 Å². The molecule has 1 aliphatic carbocycles. The molecule has 1 aromatic rings. The number of rotatable bonds is 5. The Balaban J connectivity index is 1.81. The molecule has 132 valence electrons. The molecule has 5 nitrogen and oxygen atoms in total. The number of hydrogen-bond acceptors (Lipinski definition) is 4. The first-order valence-electron chi connectivity index (χ1n) is 8.59. The lowest BCUT2D eigenvalue weighted by Gasteiger charge is -2.22. The quantitative estimate of drug-likeness (QED) is 0.838. The summed E-state index contributed by atoms with van der Waals surface area (Å²) >= 11 is 0. The fraction of sp³-hybridized carbons (Fsp3) is 0.579. The highest BCUT2D eigenvalue weighted by molar-refractivity contribution is 5.94. The Kier molecular flexibility index (Phi) is 6.23. The lowest BCUT2D eigenvalue weighted by Crippen LogP contribution is -2.36. The van der Waals surface area contributed by atoms with E-state index >= 15 is 0 Å². The van der Waals surface area contributed by atoms with E-state index < -0.39 is 11.6 Å². The van der Waals surface area contributed by atoms with Crippen LogP contribution in [0.15, 0.2) is 24.3 Å². The highest BCUT2D eigenvalue weighted by Crippen LogP contribution is 2.18. The standard InChI is InChI=1S/C19H27NO4/c1-19(2,3)24-17(21)13-23-16-11-9-14(10-12-16)18(22)20-15-7-5-4-6-8-15/h9-12,15H,4-8,13H2,1-3H3,(H,20,22). The summed E-state index contributed by atoms with van der Waals surface area (Å²) in [4.78, 5) is 23.8. The Labute approximate surface area is 143 Å². The second-order valence-electron chi connectivity index (χ2n) is 7.21. The van der Waals surface area contributed by atoms with Gasteiger partial charge in [-0.2, -0.15) is 0 Å². The van der Waals surface area contributed by atoms with E-state index in [9.17, 15) is 9.59 Å². The largest absolute Gasteiger partial charge is 0.482 e. The minimum atomic E-state index is -0.526. The van der Waals surface area contributed by atoms with Gasteiger partial charge in [0.15, 0.2) is 6.61 Å². The molecule has 0 aliphatic heterocycles. The summed E-state index contributed by atoms with van der Waals surface area (Å²) < 4.78 is 10.6. The maximum absolute atomic E-state index is 12.2. The highest BCUT2D eigenvalue weighted by Gasteiger charge is 2.18. The van der Waals surface area contributed by atoms with Crippen molar-refractivity contribution < 1.29 is 19.1 Å². The predicted molar refractivity (Wildman–Crippen MR) is 92.1 cm³/mol. The van der Waals surface area contributed by atoms with Gasteiger partial charge in [0.2, 0.25) is 0 Å². The average molecular weight is 333 g/mol. The summed E-state index contributed by atoms with van der Waals surface area (Å²) in [6, 6.07) is 7.10. The number of ether oxygens (including phenoxy) is 2. The van der Waals surface area contributed by atoms with Gasteiger partial charge < -0.3 is 14.8 Å². The maximum Gasteiger partial charge on any atom is 0.344 e. The molecule has 0 heterocycles. The van der Waals surface area contributed by atoms with Crippen molar-refractivity contribution in [1.29, 1.82) is 0 Å². The van der Waals surface area contributed by atoms with E-state index in [4.69, 9.17) is 9.47 Å². The monoisotopic (exact) mass is 333 g/mol. The molecule has 0 saturated heterocycles. The average Bonchev–Trinajstić information content (AvgIpc) is 2.53. The van der Waals surface area contributed by atoms with Gasteiger partial charge in [0.25, 0.3) is 5.91 Å². The molecule has 5 heteroatoms. The van der Waals surface area contributed by atoms with Gasteiger partial charge in [0, 0.05) is 11.6 Å². The summed E-state index contributed by atoms with van der Waals surface area (Å²) in [7, 11) is 0. The normalized spacial score (nSPS) is 15.6. The van der Waals surface area contributed by atoms with E-state index in [-0.39, 0.29) is 18.6 Å². The molecule has 0 radical (unpaired) electrons. The third-order valence-corrected chi connectivity index (χ3v) is 3.83. The summed E-state index contributed by atoms with van der Waals surface area (Å²) in [5, 5.41) is 3.08. The molecule has 24 heavy (non-hydrogen) atoms. The van der Waals surface area contributed by atoms with Crippen molar-refractivity contribution in [2.24, 2.45) is 0 Å². The minimum absolute atomic E-state index is 0.0550. The number of nitrogens with one attached hydrogen (secondary N) is 1. The molecule has 0 aromatic heterocycles. The van der Waals surface area contributed by atoms with Crippen LogP contribution >= 0.6 is 0 Å². The van der Waals surface area contributed by atoms with Gasteiger partial charge >= 0.3 is 5.97 Å². The van der Waals surface area contributed by atoms with Crippen LogP contribution in [-0.4, -0.2) is 30.1 Å². The molecule has 1 fully saturated rings. The molecule has 1 saturated carbocycles. The van der Waals surface area contributed by atoms with Crippen molar-refractivity contribution in [3.63, 3.8) is 0 Å². The highest BCUT2D eigenvalue weighted by atomic mass is 16.6. The Morgan fingerprint density at radius 1 is 1.08 bits per heavy atom. The number of carbonyl (C=O) groups excluding carboxylic acids is 2. The van der Waals surface area contributed by atoms with Crippen LogP contribution in [0.4, 0.5) is 0 Å². The zero-order valence-corrected chi connectivity index (χ0v) is 14.8. The molecule has 2 rings (SSSR count). The van der Waals surface area contributed by atoms with Crippen molar-refractivity contribution in [1.82, 2.24) is 5.32 Å². The van der Waals surface area contributed by atoms with Gasteiger partial charge in [-0.05, 0) is 57.9 Å². The van der Waals surface area contributed by atoms with Crippen molar-refractivity contribution >= 4 is 11.9 Å². The molecule has 1 aromatic carbocycles.